The van der Waals surface area contributed by atoms with Crippen LogP contribution < -0.4 is 4.74 Å². The summed E-state index contributed by atoms with van der Waals surface area (Å²) >= 11 is 0. The third kappa shape index (κ3) is 5.82. The molecule has 0 unspecified atom stereocenters. The smallest absolute Gasteiger partial charge is 0.118 e. The highest BCUT2D eigenvalue weighted by atomic mass is 16.5. The van der Waals surface area contributed by atoms with Crippen LogP contribution in [0.25, 0.3) is 0 Å². The topological polar surface area (TPSA) is 44.4 Å². The van der Waals surface area contributed by atoms with Gasteiger partial charge in [-0.25, -0.2) is 4.98 Å². The largest absolute Gasteiger partial charge is 0.497 e. The number of nitrogens with zero attached hydrogens (tertiary/aromatic N) is 3. The van der Waals surface area contributed by atoms with Crippen molar-refractivity contribution in [3.8, 4) is 5.75 Å². The van der Waals surface area contributed by atoms with Crippen molar-refractivity contribution in [2.75, 3.05) is 40.3 Å². The lowest BCUT2D eigenvalue weighted by Gasteiger charge is -2.34. The average Bonchev–Trinajstić information content (AvgIpc) is 3.06. The number of benzene rings is 1. The average molecular weight is 385 g/mol. The number of methoxy groups -OCH3 is 1. The van der Waals surface area contributed by atoms with Crippen molar-refractivity contribution in [3.05, 3.63) is 47.0 Å². The van der Waals surface area contributed by atoms with Crippen LogP contribution in [-0.2, 0) is 19.4 Å². The van der Waals surface area contributed by atoms with E-state index in [1.165, 1.54) is 42.9 Å². The van der Waals surface area contributed by atoms with Crippen LogP contribution in [0.1, 0.15) is 42.5 Å². The Morgan fingerprint density at radius 1 is 1.29 bits per heavy atom. The molecule has 2 aromatic rings. The van der Waals surface area contributed by atoms with E-state index in [4.69, 9.17) is 9.72 Å². The molecule has 1 aliphatic rings. The van der Waals surface area contributed by atoms with E-state index in [1.807, 2.05) is 0 Å². The highest BCUT2D eigenvalue weighted by molar-refractivity contribution is 5.27. The Morgan fingerprint density at radius 3 is 2.75 bits per heavy atom. The molecule has 5 nitrogen and oxygen atoms in total. The molecule has 1 atom stereocenters. The number of hydrogen-bond acceptors (Lipinski definition) is 4. The maximum absolute atomic E-state index is 5.25. The van der Waals surface area contributed by atoms with Gasteiger partial charge in [0.25, 0.3) is 0 Å². The van der Waals surface area contributed by atoms with E-state index in [-0.39, 0.29) is 0 Å². The van der Waals surface area contributed by atoms with Crippen molar-refractivity contribution < 1.29 is 4.74 Å². The summed E-state index contributed by atoms with van der Waals surface area (Å²) in [6.07, 6.45) is 4.72. The number of rotatable bonds is 9. The predicted molar refractivity (Wildman–Crippen MR) is 115 cm³/mol. The quantitative estimate of drug-likeness (QED) is 0.716. The van der Waals surface area contributed by atoms with Gasteiger partial charge in [0.15, 0.2) is 0 Å². The number of nitrogens with one attached hydrogen (secondary N) is 1. The number of aromatic nitrogens is 2. The van der Waals surface area contributed by atoms with E-state index in [2.05, 4.69) is 59.9 Å². The second-order valence-corrected chi connectivity index (χ2v) is 8.21. The second kappa shape index (κ2) is 10.1. The number of likely N-dealkylation sites (tertiary alicyclic amines) is 1. The fourth-order valence-electron chi connectivity index (χ4n) is 4.23. The maximum Gasteiger partial charge on any atom is 0.118 e. The number of imidazole rings is 1. The molecule has 0 aliphatic carbocycles. The number of piperidine rings is 1. The molecule has 0 radical (unpaired) electrons. The van der Waals surface area contributed by atoms with Gasteiger partial charge in [0.2, 0.25) is 0 Å². The molecule has 1 aliphatic heterocycles. The number of H-pyrrole nitrogens is 1. The first-order valence-electron chi connectivity index (χ1n) is 10.7. The van der Waals surface area contributed by atoms with Crippen molar-refractivity contribution in [3.63, 3.8) is 0 Å². The zero-order valence-corrected chi connectivity index (χ0v) is 18.0. The Morgan fingerprint density at radius 2 is 2.07 bits per heavy atom. The van der Waals surface area contributed by atoms with Crippen molar-refractivity contribution in [1.82, 2.24) is 19.8 Å². The lowest BCUT2D eigenvalue weighted by molar-refractivity contribution is 0.142. The van der Waals surface area contributed by atoms with E-state index >= 15 is 0 Å². The summed E-state index contributed by atoms with van der Waals surface area (Å²) in [4.78, 5) is 13.2. The Kier molecular flexibility index (Phi) is 7.51. The van der Waals surface area contributed by atoms with E-state index in [9.17, 15) is 0 Å². The molecule has 0 amide bonds. The lowest BCUT2D eigenvalue weighted by Crippen LogP contribution is -2.40. The fraction of sp³-hybridized carbons (Fsp3) is 0.609. The molecular formula is C23H36N4O. The molecular weight excluding hydrogens is 348 g/mol. The van der Waals surface area contributed by atoms with Gasteiger partial charge in [-0.1, -0.05) is 19.1 Å². The van der Waals surface area contributed by atoms with Crippen LogP contribution in [0.5, 0.6) is 5.75 Å². The lowest BCUT2D eigenvalue weighted by atomic mass is 9.97. The zero-order valence-electron chi connectivity index (χ0n) is 18.0. The predicted octanol–water partition coefficient (Wildman–Crippen LogP) is 3.68. The maximum atomic E-state index is 5.25. The summed E-state index contributed by atoms with van der Waals surface area (Å²) in [5.74, 6) is 2.78. The van der Waals surface area contributed by atoms with E-state index < -0.39 is 0 Å². The summed E-state index contributed by atoms with van der Waals surface area (Å²) in [5, 5.41) is 0. The minimum atomic E-state index is 0.750. The van der Waals surface area contributed by atoms with Crippen molar-refractivity contribution in [1.29, 1.82) is 0 Å². The summed E-state index contributed by atoms with van der Waals surface area (Å²) < 4.78 is 5.25. The van der Waals surface area contributed by atoms with Crippen LogP contribution >= 0.6 is 0 Å². The van der Waals surface area contributed by atoms with Crippen LogP contribution in [0, 0.1) is 12.8 Å². The molecule has 1 N–H and O–H groups in total. The first-order valence-corrected chi connectivity index (χ1v) is 10.7. The van der Waals surface area contributed by atoms with Gasteiger partial charge in [-0.2, -0.15) is 0 Å². The van der Waals surface area contributed by atoms with Crippen molar-refractivity contribution >= 4 is 0 Å². The SMILES string of the molecule is CCc1nc(CN(C)C[C@H]2CCCN(CCc3ccc(OC)cc3)C2)c(C)[nH]1. The standard InChI is InChI=1S/C23H36N4O/c1-5-23-24-18(2)22(25-23)17-26(3)15-20-7-6-13-27(16-20)14-12-19-8-10-21(28-4)11-9-19/h8-11,20H,5-7,12-17H2,1-4H3,(H,24,25)/t20-/m1/s1. The number of ether oxygens (including phenoxy) is 1. The zero-order chi connectivity index (χ0) is 19.9. The molecule has 154 valence electrons. The number of aromatic amines is 1. The highest BCUT2D eigenvalue weighted by Gasteiger charge is 2.21. The van der Waals surface area contributed by atoms with E-state index in [0.29, 0.717) is 0 Å². The van der Waals surface area contributed by atoms with Gasteiger partial charge in [-0.3, -0.25) is 0 Å². The molecule has 3 rings (SSSR count). The molecule has 1 fully saturated rings. The fourth-order valence-corrected chi connectivity index (χ4v) is 4.23. The van der Waals surface area contributed by atoms with Gasteiger partial charge >= 0.3 is 0 Å². The molecule has 0 bridgehead atoms. The van der Waals surface area contributed by atoms with Crippen LogP contribution in [0.3, 0.4) is 0 Å². The molecule has 1 aromatic carbocycles. The van der Waals surface area contributed by atoms with Crippen LogP contribution in [-0.4, -0.2) is 60.1 Å². The molecule has 1 saturated heterocycles. The molecule has 5 heteroatoms. The summed E-state index contributed by atoms with van der Waals surface area (Å²) in [5.41, 5.74) is 3.81. The minimum Gasteiger partial charge on any atom is -0.497 e. The molecule has 2 heterocycles. The van der Waals surface area contributed by atoms with Gasteiger partial charge in [0.1, 0.15) is 11.6 Å². The normalized spacial score (nSPS) is 18.0. The summed E-state index contributed by atoms with van der Waals surface area (Å²) in [6, 6.07) is 8.49. The Balaban J connectivity index is 1.45. The van der Waals surface area contributed by atoms with Gasteiger partial charge in [-0.05, 0) is 63.4 Å². The van der Waals surface area contributed by atoms with Crippen molar-refractivity contribution in [2.45, 2.75) is 46.1 Å². The van der Waals surface area contributed by atoms with Crippen LogP contribution in [0.15, 0.2) is 24.3 Å². The van der Waals surface area contributed by atoms with Gasteiger partial charge < -0.3 is 19.5 Å². The first-order chi connectivity index (χ1) is 13.6. The number of aryl methyl sites for hydroxylation is 2. The Bertz CT molecular complexity index is 725. The monoisotopic (exact) mass is 384 g/mol. The van der Waals surface area contributed by atoms with Gasteiger partial charge in [-0.15, -0.1) is 0 Å². The number of hydrogen-bond donors (Lipinski definition) is 1. The molecule has 0 saturated carbocycles. The molecule has 28 heavy (non-hydrogen) atoms. The minimum absolute atomic E-state index is 0.750. The third-order valence-corrected chi connectivity index (χ3v) is 5.84. The summed E-state index contributed by atoms with van der Waals surface area (Å²) in [6.45, 7) is 9.95. The Hall–Kier alpha value is -1.85. The van der Waals surface area contributed by atoms with Crippen LogP contribution in [0.2, 0.25) is 0 Å². The molecule has 1 aromatic heterocycles. The van der Waals surface area contributed by atoms with Crippen LogP contribution in [0.4, 0.5) is 0 Å². The van der Waals surface area contributed by atoms with Gasteiger partial charge in [0.05, 0.1) is 12.8 Å². The second-order valence-electron chi connectivity index (χ2n) is 8.21. The third-order valence-electron chi connectivity index (χ3n) is 5.84. The summed E-state index contributed by atoms with van der Waals surface area (Å²) in [7, 11) is 3.95. The van der Waals surface area contributed by atoms with E-state index in [0.717, 1.165) is 50.0 Å². The van der Waals surface area contributed by atoms with Gasteiger partial charge in [0, 0.05) is 38.3 Å². The van der Waals surface area contributed by atoms with Crippen molar-refractivity contribution in [2.24, 2.45) is 5.92 Å². The first kappa shape index (κ1) is 20.9. The Labute approximate surface area is 170 Å². The highest BCUT2D eigenvalue weighted by Crippen LogP contribution is 2.19. The molecule has 0 spiro atoms. The van der Waals surface area contributed by atoms with E-state index in [1.54, 1.807) is 7.11 Å².